The Morgan fingerprint density at radius 3 is 2.70 bits per heavy atom. The minimum atomic E-state index is -0.413. The molecule has 0 fully saturated rings. The van der Waals surface area contributed by atoms with E-state index in [2.05, 4.69) is 0 Å². The Bertz CT molecular complexity index is 494. The molecule has 6 heteroatoms. The van der Waals surface area contributed by atoms with E-state index in [1.54, 1.807) is 17.9 Å². The first-order valence-corrected chi connectivity index (χ1v) is 6.90. The molecule has 0 aliphatic rings. The summed E-state index contributed by atoms with van der Waals surface area (Å²) < 4.78 is 18.3. The van der Waals surface area contributed by atoms with E-state index in [9.17, 15) is 9.18 Å². The van der Waals surface area contributed by atoms with Gasteiger partial charge in [-0.05, 0) is 31.5 Å². The third-order valence-corrected chi connectivity index (χ3v) is 2.90. The highest BCUT2D eigenvalue weighted by Gasteiger charge is 2.17. The molecule has 0 spiro atoms. The Morgan fingerprint density at radius 1 is 1.45 bits per heavy atom. The predicted octanol–water partition coefficient (Wildman–Crippen LogP) is 2.24. The summed E-state index contributed by atoms with van der Waals surface area (Å²) in [6.45, 7) is 4.77. The predicted molar refractivity (Wildman–Crippen MR) is 81.4 cm³/mol. The summed E-state index contributed by atoms with van der Waals surface area (Å²) in [7, 11) is 0. The lowest BCUT2D eigenvalue weighted by atomic mass is 10.1. The van der Waals surface area contributed by atoms with Crippen LogP contribution >= 0.6 is 12.2 Å². The van der Waals surface area contributed by atoms with Crippen molar-refractivity contribution in [1.29, 1.82) is 0 Å². The minimum absolute atomic E-state index is 0.0862. The number of rotatable bonds is 7. The first kappa shape index (κ1) is 16.4. The second kappa shape index (κ2) is 7.79. The molecule has 0 atom stereocenters. The summed E-state index contributed by atoms with van der Waals surface area (Å²) in [6, 6.07) is 4.19. The van der Waals surface area contributed by atoms with Crippen LogP contribution in [0.5, 0.6) is 0 Å². The Labute approximate surface area is 123 Å². The van der Waals surface area contributed by atoms with Gasteiger partial charge in [-0.2, -0.15) is 0 Å². The SMILES string of the molecule is CCCN(CC(=O)OCC)c1ccc(F)cc1C(N)=S. The van der Waals surface area contributed by atoms with Crippen LogP contribution in [0.1, 0.15) is 25.8 Å². The van der Waals surface area contributed by atoms with Crippen LogP contribution in [-0.4, -0.2) is 30.7 Å². The average molecular weight is 298 g/mol. The molecule has 110 valence electrons. The van der Waals surface area contributed by atoms with Gasteiger partial charge < -0.3 is 15.4 Å². The highest BCUT2D eigenvalue weighted by Crippen LogP contribution is 2.22. The fourth-order valence-electron chi connectivity index (χ4n) is 1.90. The van der Waals surface area contributed by atoms with Crippen molar-refractivity contribution in [1.82, 2.24) is 0 Å². The molecule has 0 bridgehead atoms. The van der Waals surface area contributed by atoms with Gasteiger partial charge in [-0.15, -0.1) is 0 Å². The van der Waals surface area contributed by atoms with Gasteiger partial charge in [-0.1, -0.05) is 19.1 Å². The number of thiocarbonyl (C=S) groups is 1. The van der Waals surface area contributed by atoms with Gasteiger partial charge in [0.15, 0.2) is 0 Å². The number of hydrogen-bond donors (Lipinski definition) is 1. The van der Waals surface area contributed by atoms with Gasteiger partial charge in [-0.25, -0.2) is 4.39 Å². The normalized spacial score (nSPS) is 10.2. The van der Waals surface area contributed by atoms with Crippen LogP contribution in [0.25, 0.3) is 0 Å². The fourth-order valence-corrected chi connectivity index (χ4v) is 2.06. The fraction of sp³-hybridized carbons (Fsp3) is 0.429. The zero-order valence-electron chi connectivity index (χ0n) is 11.7. The van der Waals surface area contributed by atoms with Crippen molar-refractivity contribution in [3.8, 4) is 0 Å². The third-order valence-electron chi connectivity index (χ3n) is 2.68. The van der Waals surface area contributed by atoms with Crippen LogP contribution in [0.3, 0.4) is 0 Å². The van der Waals surface area contributed by atoms with Gasteiger partial charge >= 0.3 is 5.97 Å². The van der Waals surface area contributed by atoms with Gasteiger partial charge in [0.1, 0.15) is 17.4 Å². The van der Waals surface area contributed by atoms with E-state index in [4.69, 9.17) is 22.7 Å². The summed E-state index contributed by atoms with van der Waals surface area (Å²) in [5.74, 6) is -0.747. The van der Waals surface area contributed by atoms with Gasteiger partial charge in [0.2, 0.25) is 0 Å². The van der Waals surface area contributed by atoms with E-state index in [-0.39, 0.29) is 17.5 Å². The molecule has 0 saturated carbocycles. The van der Waals surface area contributed by atoms with Gasteiger partial charge in [0.05, 0.1) is 6.61 Å². The van der Waals surface area contributed by atoms with Crippen LogP contribution < -0.4 is 10.6 Å². The van der Waals surface area contributed by atoms with E-state index in [0.29, 0.717) is 24.4 Å². The first-order chi connectivity index (χ1) is 9.49. The monoisotopic (exact) mass is 298 g/mol. The van der Waals surface area contributed by atoms with Crippen LogP contribution in [0, 0.1) is 5.82 Å². The number of nitrogens with two attached hydrogens (primary N) is 1. The number of nitrogens with zero attached hydrogens (tertiary/aromatic N) is 1. The lowest BCUT2D eigenvalue weighted by molar-refractivity contribution is -0.141. The lowest BCUT2D eigenvalue weighted by Gasteiger charge is -2.25. The maximum atomic E-state index is 13.3. The van der Waals surface area contributed by atoms with Gasteiger partial charge in [-0.3, -0.25) is 4.79 Å². The van der Waals surface area contributed by atoms with Crippen molar-refractivity contribution in [2.75, 3.05) is 24.6 Å². The Hall–Kier alpha value is -1.69. The summed E-state index contributed by atoms with van der Waals surface area (Å²) >= 11 is 4.95. The zero-order chi connectivity index (χ0) is 15.1. The molecule has 4 nitrogen and oxygen atoms in total. The molecule has 1 rings (SSSR count). The van der Waals surface area contributed by atoms with Crippen molar-refractivity contribution in [2.45, 2.75) is 20.3 Å². The molecular formula is C14H19FN2O2S. The smallest absolute Gasteiger partial charge is 0.325 e. The van der Waals surface area contributed by atoms with Gasteiger partial charge in [0, 0.05) is 17.8 Å². The second-order valence-electron chi connectivity index (χ2n) is 4.25. The van der Waals surface area contributed by atoms with Crippen LogP contribution in [0.2, 0.25) is 0 Å². The maximum Gasteiger partial charge on any atom is 0.325 e. The number of carbonyl (C=O) groups excluding carboxylic acids is 1. The molecule has 0 aliphatic heterocycles. The highest BCUT2D eigenvalue weighted by atomic mass is 32.1. The topological polar surface area (TPSA) is 55.6 Å². The summed E-state index contributed by atoms with van der Waals surface area (Å²) in [5, 5.41) is 0. The van der Waals surface area contributed by atoms with E-state index in [1.165, 1.54) is 12.1 Å². The average Bonchev–Trinajstić information content (AvgIpc) is 2.38. The number of hydrogen-bond acceptors (Lipinski definition) is 4. The maximum absolute atomic E-state index is 13.3. The van der Waals surface area contributed by atoms with Crippen molar-refractivity contribution in [3.05, 3.63) is 29.6 Å². The summed E-state index contributed by atoms with van der Waals surface area (Å²) in [5.41, 5.74) is 6.70. The van der Waals surface area contributed by atoms with Crippen LogP contribution in [0.4, 0.5) is 10.1 Å². The number of carbonyl (C=O) groups is 1. The number of ether oxygens (including phenoxy) is 1. The molecule has 0 unspecified atom stereocenters. The highest BCUT2D eigenvalue weighted by molar-refractivity contribution is 7.80. The lowest BCUT2D eigenvalue weighted by Crippen LogP contribution is -2.33. The van der Waals surface area contributed by atoms with Crippen LogP contribution in [0.15, 0.2) is 18.2 Å². The van der Waals surface area contributed by atoms with Crippen LogP contribution in [-0.2, 0) is 9.53 Å². The van der Waals surface area contributed by atoms with E-state index in [0.717, 1.165) is 6.42 Å². The second-order valence-corrected chi connectivity index (χ2v) is 4.69. The minimum Gasteiger partial charge on any atom is -0.465 e. The number of esters is 1. The molecule has 0 aliphatic carbocycles. The standard InChI is InChI=1S/C14H19FN2O2S/c1-3-7-17(9-13(18)19-4-2)12-6-5-10(15)8-11(12)14(16)20/h5-6,8H,3-4,7,9H2,1-2H3,(H2,16,20). The van der Waals surface area contributed by atoms with Crippen molar-refractivity contribution >= 4 is 28.9 Å². The molecule has 2 N–H and O–H groups in total. The zero-order valence-corrected chi connectivity index (χ0v) is 12.5. The first-order valence-electron chi connectivity index (χ1n) is 6.49. The van der Waals surface area contributed by atoms with E-state index in [1.807, 2.05) is 6.92 Å². The van der Waals surface area contributed by atoms with E-state index >= 15 is 0 Å². The molecule has 0 radical (unpaired) electrons. The number of halogens is 1. The summed E-state index contributed by atoms with van der Waals surface area (Å²) in [4.78, 5) is 13.5. The quantitative estimate of drug-likeness (QED) is 0.618. The Morgan fingerprint density at radius 2 is 2.15 bits per heavy atom. The number of anilines is 1. The Kier molecular flexibility index (Phi) is 6.38. The summed E-state index contributed by atoms with van der Waals surface area (Å²) in [6.07, 6.45) is 0.827. The largest absolute Gasteiger partial charge is 0.465 e. The number of benzene rings is 1. The molecule has 1 aromatic carbocycles. The molecule has 1 aromatic rings. The Balaban J connectivity index is 3.07. The molecule has 0 amide bonds. The van der Waals surface area contributed by atoms with Crippen molar-refractivity contribution in [3.63, 3.8) is 0 Å². The molecule has 0 aromatic heterocycles. The molecule has 0 heterocycles. The molecule has 20 heavy (non-hydrogen) atoms. The molecular weight excluding hydrogens is 279 g/mol. The van der Waals surface area contributed by atoms with Crippen molar-refractivity contribution in [2.24, 2.45) is 5.73 Å². The molecule has 0 saturated heterocycles. The van der Waals surface area contributed by atoms with E-state index < -0.39 is 5.82 Å². The van der Waals surface area contributed by atoms with Crippen molar-refractivity contribution < 1.29 is 13.9 Å². The third kappa shape index (κ3) is 4.45. The van der Waals surface area contributed by atoms with Gasteiger partial charge in [0.25, 0.3) is 0 Å².